The van der Waals surface area contributed by atoms with Gasteiger partial charge in [-0.1, -0.05) is 69.1 Å². The molecule has 0 fully saturated rings. The first-order valence-electron chi connectivity index (χ1n) is 13.8. The predicted molar refractivity (Wildman–Crippen MR) is 159 cm³/mol. The molecule has 0 aromatic heterocycles. The highest BCUT2D eigenvalue weighted by molar-refractivity contribution is 6.39. The fraction of sp³-hybridized carbons (Fsp3) is 0.567. The van der Waals surface area contributed by atoms with Crippen LogP contribution in [0.25, 0.3) is 0 Å². The third-order valence-corrected chi connectivity index (χ3v) is 7.46. The lowest BCUT2D eigenvalue weighted by atomic mass is 9.90. The molecule has 0 heterocycles. The highest BCUT2D eigenvalue weighted by Crippen LogP contribution is 2.36. The summed E-state index contributed by atoms with van der Waals surface area (Å²) >= 11 is 12.8. The summed E-state index contributed by atoms with van der Waals surface area (Å²) in [6.45, 7) is 16.9. The van der Waals surface area contributed by atoms with Crippen molar-refractivity contribution in [3.63, 3.8) is 0 Å². The molecule has 0 radical (unpaired) electrons. The smallest absolute Gasteiger partial charge is 0.317 e. The molecular formula is C30H45Cl2N3O2. The van der Waals surface area contributed by atoms with E-state index in [0.29, 0.717) is 27.2 Å². The minimum Gasteiger partial charge on any atom is -0.424 e. The monoisotopic (exact) mass is 549 g/mol. The molecule has 0 saturated carbocycles. The fourth-order valence-corrected chi connectivity index (χ4v) is 5.52. The molecule has 0 aliphatic rings. The van der Waals surface area contributed by atoms with Gasteiger partial charge < -0.3 is 10.1 Å². The number of esters is 1. The second-order valence-corrected chi connectivity index (χ2v) is 10.5. The van der Waals surface area contributed by atoms with Crippen LogP contribution in [0.4, 0.5) is 11.4 Å². The summed E-state index contributed by atoms with van der Waals surface area (Å²) in [5.74, 6) is -0.0648. The first kappa shape index (κ1) is 31.4. The van der Waals surface area contributed by atoms with E-state index in [1.807, 2.05) is 24.3 Å². The third kappa shape index (κ3) is 8.88. The molecule has 5 nitrogen and oxygen atoms in total. The summed E-state index contributed by atoms with van der Waals surface area (Å²) in [7, 11) is 0. The average molecular weight is 551 g/mol. The normalized spacial score (nSPS) is 14.0. The number of carbonyl (C=O) groups excluding carboxylic acids is 1. The lowest BCUT2D eigenvalue weighted by Gasteiger charge is -2.40. The molecule has 0 saturated heterocycles. The second kappa shape index (κ2) is 16.2. The molecule has 37 heavy (non-hydrogen) atoms. The number of hydrogen-bond acceptors (Lipinski definition) is 5. The summed E-state index contributed by atoms with van der Waals surface area (Å²) in [4.78, 5) is 18.9. The molecule has 0 spiro atoms. The number of para-hydroxylation sites is 3. The molecule has 0 aliphatic carbocycles. The minimum absolute atomic E-state index is 0.0387. The highest BCUT2D eigenvalue weighted by atomic mass is 35.5. The van der Waals surface area contributed by atoms with Crippen LogP contribution in [0.5, 0.6) is 5.75 Å². The summed E-state index contributed by atoms with van der Waals surface area (Å²) in [5, 5.41) is 4.27. The zero-order chi connectivity index (χ0) is 27.4. The number of nitrogens with zero attached hydrogens (tertiary/aromatic N) is 2. The second-order valence-electron chi connectivity index (χ2n) is 9.72. The van der Waals surface area contributed by atoms with Crippen LogP contribution in [0, 0.1) is 5.92 Å². The maximum Gasteiger partial charge on any atom is 0.317 e. The van der Waals surface area contributed by atoms with Crippen molar-refractivity contribution in [3.05, 3.63) is 52.5 Å². The fourth-order valence-electron chi connectivity index (χ4n) is 5.03. The van der Waals surface area contributed by atoms with Crippen LogP contribution in [0.2, 0.25) is 10.0 Å². The summed E-state index contributed by atoms with van der Waals surface area (Å²) in [6, 6.07) is 12.9. The van der Waals surface area contributed by atoms with Gasteiger partial charge in [-0.05, 0) is 90.0 Å². The molecule has 0 amide bonds. The van der Waals surface area contributed by atoms with Gasteiger partial charge in [-0.15, -0.1) is 0 Å². The van der Waals surface area contributed by atoms with Gasteiger partial charge in [0.25, 0.3) is 0 Å². The molecule has 2 unspecified atom stereocenters. The Kier molecular flexibility index (Phi) is 13.8. The molecule has 206 valence electrons. The van der Waals surface area contributed by atoms with Gasteiger partial charge in [0.15, 0.2) is 5.75 Å². The molecule has 2 aromatic rings. The SMILES string of the molecule is CCCN(CCC)C(C)C(C(=O)Oc1ccccc1Nc1c(Cl)cccc1Cl)C(C)N(CCC)CCC. The number of benzene rings is 2. The lowest BCUT2D eigenvalue weighted by molar-refractivity contribution is -0.144. The van der Waals surface area contributed by atoms with Crippen LogP contribution in [0.1, 0.15) is 67.2 Å². The number of nitrogens with one attached hydrogen (secondary N) is 1. The van der Waals surface area contributed by atoms with Gasteiger partial charge in [0.05, 0.1) is 27.3 Å². The quantitative estimate of drug-likeness (QED) is 0.168. The minimum atomic E-state index is -0.312. The molecule has 0 aliphatic heterocycles. The number of hydrogen-bond donors (Lipinski definition) is 1. The van der Waals surface area contributed by atoms with E-state index in [-0.39, 0.29) is 24.0 Å². The van der Waals surface area contributed by atoms with Crippen molar-refractivity contribution in [2.75, 3.05) is 31.5 Å². The van der Waals surface area contributed by atoms with E-state index >= 15 is 0 Å². The first-order valence-corrected chi connectivity index (χ1v) is 14.5. The van der Waals surface area contributed by atoms with E-state index < -0.39 is 0 Å². The molecule has 7 heteroatoms. The Hall–Kier alpha value is -1.79. The molecule has 0 bridgehead atoms. The van der Waals surface area contributed by atoms with Crippen molar-refractivity contribution in [3.8, 4) is 5.75 Å². The Bertz CT molecular complexity index is 917. The van der Waals surface area contributed by atoms with Crippen molar-refractivity contribution in [1.82, 2.24) is 9.80 Å². The van der Waals surface area contributed by atoms with E-state index in [0.717, 1.165) is 51.9 Å². The number of ether oxygens (including phenoxy) is 1. The van der Waals surface area contributed by atoms with Gasteiger partial charge in [-0.2, -0.15) is 0 Å². The van der Waals surface area contributed by atoms with Crippen LogP contribution in [0.15, 0.2) is 42.5 Å². The number of anilines is 2. The van der Waals surface area contributed by atoms with Gasteiger partial charge in [-0.25, -0.2) is 0 Å². The van der Waals surface area contributed by atoms with Gasteiger partial charge in [-0.3, -0.25) is 14.6 Å². The zero-order valence-electron chi connectivity index (χ0n) is 23.4. The lowest BCUT2D eigenvalue weighted by Crippen LogP contribution is -2.53. The van der Waals surface area contributed by atoms with Crippen molar-refractivity contribution in [2.45, 2.75) is 79.3 Å². The van der Waals surface area contributed by atoms with Gasteiger partial charge in [0.2, 0.25) is 0 Å². The maximum absolute atomic E-state index is 14.0. The number of halogens is 2. The Morgan fingerprint density at radius 1 is 0.784 bits per heavy atom. The predicted octanol–water partition coefficient (Wildman–Crippen LogP) is 8.28. The van der Waals surface area contributed by atoms with E-state index in [1.165, 1.54) is 0 Å². The Morgan fingerprint density at radius 2 is 1.24 bits per heavy atom. The van der Waals surface area contributed by atoms with Crippen LogP contribution in [0.3, 0.4) is 0 Å². The Labute approximate surface area is 234 Å². The van der Waals surface area contributed by atoms with Crippen LogP contribution in [-0.2, 0) is 4.79 Å². The topological polar surface area (TPSA) is 44.8 Å². The van der Waals surface area contributed by atoms with E-state index in [4.69, 9.17) is 27.9 Å². The van der Waals surface area contributed by atoms with Crippen LogP contribution in [-0.4, -0.2) is 54.0 Å². The van der Waals surface area contributed by atoms with Gasteiger partial charge >= 0.3 is 5.97 Å². The van der Waals surface area contributed by atoms with Crippen molar-refractivity contribution >= 4 is 40.5 Å². The average Bonchev–Trinajstić information content (AvgIpc) is 2.87. The zero-order valence-corrected chi connectivity index (χ0v) is 24.9. The van der Waals surface area contributed by atoms with Gasteiger partial charge in [0.1, 0.15) is 0 Å². The van der Waals surface area contributed by atoms with Crippen molar-refractivity contribution < 1.29 is 9.53 Å². The summed E-state index contributed by atoms with van der Waals surface area (Å²) < 4.78 is 6.17. The largest absolute Gasteiger partial charge is 0.424 e. The van der Waals surface area contributed by atoms with E-state index in [2.05, 4.69) is 56.7 Å². The molecule has 1 N–H and O–H groups in total. The van der Waals surface area contributed by atoms with E-state index in [9.17, 15) is 4.79 Å². The van der Waals surface area contributed by atoms with Crippen LogP contribution < -0.4 is 10.1 Å². The van der Waals surface area contributed by atoms with Crippen LogP contribution >= 0.6 is 23.2 Å². The third-order valence-electron chi connectivity index (χ3n) is 6.83. The standard InChI is InChI=1S/C30H45Cl2N3O2/c1-7-18-34(19-8-2)22(5)28(23(6)35(20-9-3)21-10-4)30(36)37-27-17-12-11-16-26(27)33-29-24(31)14-13-15-25(29)32/h11-17,22-23,28,33H,7-10,18-21H2,1-6H3. The van der Waals surface area contributed by atoms with Crippen molar-refractivity contribution in [2.24, 2.45) is 5.92 Å². The summed E-state index contributed by atoms with van der Waals surface area (Å²) in [5.41, 5.74) is 1.23. The molecule has 2 rings (SSSR count). The number of carbonyl (C=O) groups is 1. The Morgan fingerprint density at radius 3 is 1.70 bits per heavy atom. The van der Waals surface area contributed by atoms with Gasteiger partial charge in [0, 0.05) is 12.1 Å². The van der Waals surface area contributed by atoms with E-state index in [1.54, 1.807) is 18.2 Å². The molecule has 2 aromatic carbocycles. The maximum atomic E-state index is 14.0. The summed E-state index contributed by atoms with van der Waals surface area (Å²) in [6.07, 6.45) is 4.16. The highest BCUT2D eigenvalue weighted by Gasteiger charge is 2.38. The number of rotatable bonds is 16. The first-order chi connectivity index (χ1) is 17.8. The Balaban J connectivity index is 2.41. The van der Waals surface area contributed by atoms with Crippen molar-refractivity contribution in [1.29, 1.82) is 0 Å². The molecule has 2 atom stereocenters. The molecular weight excluding hydrogens is 505 g/mol.